The molecule has 2 aliphatic rings. The van der Waals surface area contributed by atoms with Gasteiger partial charge in [-0.3, -0.25) is 9.69 Å². The van der Waals surface area contributed by atoms with E-state index in [0.717, 1.165) is 63.1 Å². The first-order valence-electron chi connectivity index (χ1n) is 10.1. The SMILES string of the molecule is CN(C(=O)c1cccc2c1CCCN2)C1CCN(Cc2ccccc2)CC1.Cl.Cl. The third-order valence-corrected chi connectivity index (χ3v) is 6.00. The fourth-order valence-corrected chi connectivity index (χ4v) is 4.37. The molecule has 1 saturated heterocycles. The van der Waals surface area contributed by atoms with E-state index in [4.69, 9.17) is 0 Å². The van der Waals surface area contributed by atoms with Crippen molar-refractivity contribution in [3.05, 3.63) is 65.2 Å². The van der Waals surface area contributed by atoms with Gasteiger partial charge in [-0.2, -0.15) is 0 Å². The number of hydrogen-bond donors (Lipinski definition) is 1. The summed E-state index contributed by atoms with van der Waals surface area (Å²) in [7, 11) is 1.98. The predicted molar refractivity (Wildman–Crippen MR) is 125 cm³/mol. The number of rotatable bonds is 4. The summed E-state index contributed by atoms with van der Waals surface area (Å²) in [5, 5.41) is 3.43. The van der Waals surface area contributed by atoms with Gasteiger partial charge in [-0.25, -0.2) is 0 Å². The molecule has 0 aromatic heterocycles. The van der Waals surface area contributed by atoms with Crippen molar-refractivity contribution in [3.8, 4) is 0 Å². The molecule has 1 N–H and O–H groups in total. The molecule has 2 aromatic rings. The lowest BCUT2D eigenvalue weighted by atomic mass is 9.95. The van der Waals surface area contributed by atoms with E-state index in [1.54, 1.807) is 0 Å². The maximum absolute atomic E-state index is 13.2. The summed E-state index contributed by atoms with van der Waals surface area (Å²) in [6.45, 7) is 4.10. The number of likely N-dealkylation sites (tertiary alicyclic amines) is 1. The summed E-state index contributed by atoms with van der Waals surface area (Å²) < 4.78 is 0. The van der Waals surface area contributed by atoms with Crippen LogP contribution in [0.1, 0.15) is 40.7 Å². The van der Waals surface area contributed by atoms with Gasteiger partial charge in [0.2, 0.25) is 0 Å². The fraction of sp³-hybridized carbons (Fsp3) is 0.435. The van der Waals surface area contributed by atoms with Gasteiger partial charge in [-0.15, -0.1) is 24.8 Å². The summed E-state index contributed by atoms with van der Waals surface area (Å²) in [4.78, 5) is 17.7. The van der Waals surface area contributed by atoms with Crippen molar-refractivity contribution in [2.75, 3.05) is 32.0 Å². The molecular weight excluding hydrogens is 405 g/mol. The second-order valence-electron chi connectivity index (χ2n) is 7.77. The monoisotopic (exact) mass is 435 g/mol. The van der Waals surface area contributed by atoms with Gasteiger partial charge in [-0.1, -0.05) is 36.4 Å². The Morgan fingerprint density at radius 3 is 2.52 bits per heavy atom. The molecule has 29 heavy (non-hydrogen) atoms. The molecular formula is C23H31Cl2N3O. The number of anilines is 1. The van der Waals surface area contributed by atoms with Crippen molar-refractivity contribution in [2.45, 2.75) is 38.3 Å². The van der Waals surface area contributed by atoms with Gasteiger partial charge in [0.25, 0.3) is 5.91 Å². The van der Waals surface area contributed by atoms with Gasteiger partial charge in [0, 0.05) is 50.5 Å². The van der Waals surface area contributed by atoms with Crippen molar-refractivity contribution in [1.82, 2.24) is 9.80 Å². The van der Waals surface area contributed by atoms with Crippen molar-refractivity contribution < 1.29 is 4.79 Å². The standard InChI is InChI=1S/C23H29N3O.2ClH/c1-25(23(27)21-9-5-11-22-20(21)10-6-14-24-22)19-12-15-26(16-13-19)17-18-7-3-2-4-8-18;;/h2-5,7-9,11,19,24H,6,10,12-17H2,1H3;2*1H. The first kappa shape index (κ1) is 23.5. The lowest BCUT2D eigenvalue weighted by Crippen LogP contribution is -2.45. The molecule has 0 spiro atoms. The minimum atomic E-state index is 0. The molecule has 158 valence electrons. The molecule has 0 aliphatic carbocycles. The maximum Gasteiger partial charge on any atom is 0.254 e. The van der Waals surface area contributed by atoms with Gasteiger partial charge in [-0.05, 0) is 48.9 Å². The molecule has 4 rings (SSSR count). The summed E-state index contributed by atoms with van der Waals surface area (Å²) in [6.07, 6.45) is 4.18. The normalized spacial score (nSPS) is 16.6. The van der Waals surface area contributed by atoms with Gasteiger partial charge in [0.1, 0.15) is 0 Å². The minimum Gasteiger partial charge on any atom is -0.385 e. The zero-order chi connectivity index (χ0) is 18.6. The van der Waals surface area contributed by atoms with Crippen LogP contribution in [0.2, 0.25) is 0 Å². The van der Waals surface area contributed by atoms with E-state index in [1.807, 2.05) is 24.1 Å². The first-order valence-corrected chi connectivity index (χ1v) is 10.1. The Balaban J connectivity index is 0.00000150. The smallest absolute Gasteiger partial charge is 0.254 e. The van der Waals surface area contributed by atoms with Crippen LogP contribution in [0.15, 0.2) is 48.5 Å². The topological polar surface area (TPSA) is 35.6 Å². The van der Waals surface area contributed by atoms with Crippen molar-refractivity contribution >= 4 is 36.4 Å². The summed E-state index contributed by atoms with van der Waals surface area (Å²) in [5.74, 6) is 0.178. The Labute approximate surface area is 186 Å². The number of amides is 1. The highest BCUT2D eigenvalue weighted by atomic mass is 35.5. The number of carbonyl (C=O) groups excluding carboxylic acids is 1. The zero-order valence-corrected chi connectivity index (χ0v) is 18.6. The average molecular weight is 436 g/mol. The largest absolute Gasteiger partial charge is 0.385 e. The van der Waals surface area contributed by atoms with Crippen LogP contribution < -0.4 is 5.32 Å². The number of halogens is 2. The molecule has 1 amide bonds. The number of piperidine rings is 1. The molecule has 2 aromatic carbocycles. The van der Waals surface area contributed by atoms with Crippen LogP contribution in [0.25, 0.3) is 0 Å². The molecule has 0 bridgehead atoms. The van der Waals surface area contributed by atoms with Crippen molar-refractivity contribution in [3.63, 3.8) is 0 Å². The van der Waals surface area contributed by atoms with E-state index >= 15 is 0 Å². The van der Waals surface area contributed by atoms with E-state index < -0.39 is 0 Å². The number of carbonyl (C=O) groups is 1. The van der Waals surface area contributed by atoms with Crippen LogP contribution in [-0.2, 0) is 13.0 Å². The number of nitrogens with one attached hydrogen (secondary N) is 1. The van der Waals surface area contributed by atoms with E-state index in [2.05, 4.69) is 46.6 Å². The summed E-state index contributed by atoms with van der Waals surface area (Å²) in [6, 6.07) is 17.1. The molecule has 1 fully saturated rings. The zero-order valence-electron chi connectivity index (χ0n) is 17.0. The van der Waals surface area contributed by atoms with E-state index in [1.165, 1.54) is 11.1 Å². The second-order valence-corrected chi connectivity index (χ2v) is 7.77. The molecule has 0 atom stereocenters. The summed E-state index contributed by atoms with van der Waals surface area (Å²) >= 11 is 0. The molecule has 2 aliphatic heterocycles. The first-order chi connectivity index (χ1) is 13.2. The Morgan fingerprint density at radius 2 is 1.79 bits per heavy atom. The van der Waals surface area contributed by atoms with Crippen LogP contribution in [0.4, 0.5) is 5.69 Å². The van der Waals surface area contributed by atoms with Crippen LogP contribution in [-0.4, -0.2) is 48.4 Å². The fourth-order valence-electron chi connectivity index (χ4n) is 4.37. The van der Waals surface area contributed by atoms with Gasteiger partial charge in [0.15, 0.2) is 0 Å². The highest BCUT2D eigenvalue weighted by Gasteiger charge is 2.28. The van der Waals surface area contributed by atoms with Crippen molar-refractivity contribution in [1.29, 1.82) is 0 Å². The van der Waals surface area contributed by atoms with Gasteiger partial charge >= 0.3 is 0 Å². The molecule has 6 heteroatoms. The van der Waals surface area contributed by atoms with E-state index in [-0.39, 0.29) is 30.7 Å². The second kappa shape index (κ2) is 10.9. The molecule has 4 nitrogen and oxygen atoms in total. The molecule has 2 heterocycles. The lowest BCUT2D eigenvalue weighted by Gasteiger charge is -2.37. The predicted octanol–water partition coefficient (Wildman–Crippen LogP) is 4.62. The van der Waals surface area contributed by atoms with Crippen LogP contribution in [0, 0.1) is 0 Å². The van der Waals surface area contributed by atoms with E-state index in [9.17, 15) is 4.79 Å². The van der Waals surface area contributed by atoms with Gasteiger partial charge < -0.3 is 10.2 Å². The highest BCUT2D eigenvalue weighted by Crippen LogP contribution is 2.27. The number of nitrogens with zero attached hydrogens (tertiary/aromatic N) is 2. The van der Waals surface area contributed by atoms with Crippen LogP contribution in [0.3, 0.4) is 0 Å². The third-order valence-electron chi connectivity index (χ3n) is 6.00. The lowest BCUT2D eigenvalue weighted by molar-refractivity contribution is 0.0635. The highest BCUT2D eigenvalue weighted by molar-refractivity contribution is 5.97. The number of benzene rings is 2. The molecule has 0 unspecified atom stereocenters. The minimum absolute atomic E-state index is 0. The Morgan fingerprint density at radius 1 is 1.07 bits per heavy atom. The Hall–Kier alpha value is -1.75. The number of fused-ring (bicyclic) bond motifs is 1. The summed E-state index contributed by atoms with van der Waals surface area (Å²) in [5.41, 5.74) is 4.58. The number of hydrogen-bond acceptors (Lipinski definition) is 3. The van der Waals surface area contributed by atoms with Crippen molar-refractivity contribution in [2.24, 2.45) is 0 Å². The van der Waals surface area contributed by atoms with E-state index in [0.29, 0.717) is 6.04 Å². The van der Waals surface area contributed by atoms with Gasteiger partial charge in [0.05, 0.1) is 0 Å². The average Bonchev–Trinajstić information content (AvgIpc) is 2.73. The Kier molecular flexibility index (Phi) is 8.81. The molecule has 0 saturated carbocycles. The quantitative estimate of drug-likeness (QED) is 0.760. The van der Waals surface area contributed by atoms with Crippen LogP contribution >= 0.6 is 24.8 Å². The maximum atomic E-state index is 13.2. The third kappa shape index (κ3) is 5.44. The van der Waals surface area contributed by atoms with Crippen LogP contribution in [0.5, 0.6) is 0 Å². The Bertz CT molecular complexity index is 792. The molecule has 0 radical (unpaired) electrons.